The molecular weight excluding hydrogens is 295 g/mol. The van der Waals surface area contributed by atoms with Crippen molar-refractivity contribution in [3.05, 3.63) is 34.6 Å². The van der Waals surface area contributed by atoms with Crippen molar-refractivity contribution in [1.29, 1.82) is 0 Å². The van der Waals surface area contributed by atoms with E-state index in [2.05, 4.69) is 10.6 Å². The predicted octanol–water partition coefficient (Wildman–Crippen LogP) is 3.08. The number of carbonyl (C=O) groups is 1. The number of carbonyl (C=O) groups excluding carboxylic acids is 1. The van der Waals surface area contributed by atoms with Crippen LogP contribution in [0.25, 0.3) is 0 Å². The van der Waals surface area contributed by atoms with Gasteiger partial charge in [0.05, 0.1) is 11.1 Å². The van der Waals surface area contributed by atoms with Crippen LogP contribution in [-0.2, 0) is 6.54 Å². The van der Waals surface area contributed by atoms with E-state index in [9.17, 15) is 14.3 Å². The second-order valence-electron chi connectivity index (χ2n) is 4.96. The van der Waals surface area contributed by atoms with Gasteiger partial charge in [-0.3, -0.25) is 0 Å². The zero-order valence-corrected chi connectivity index (χ0v) is 13.1. The lowest BCUT2D eigenvalue weighted by Crippen LogP contribution is -2.41. The van der Waals surface area contributed by atoms with Gasteiger partial charge < -0.3 is 15.7 Å². The summed E-state index contributed by atoms with van der Waals surface area (Å²) in [6.45, 7) is 4.47. The summed E-state index contributed by atoms with van der Waals surface area (Å²) in [7, 11) is 0. The Balaban J connectivity index is 2.35. The first-order valence-electron chi connectivity index (χ1n) is 7.11. The molecule has 0 bridgehead atoms. The van der Waals surface area contributed by atoms with Gasteiger partial charge in [-0.15, -0.1) is 0 Å². The van der Waals surface area contributed by atoms with Crippen LogP contribution in [0.3, 0.4) is 0 Å². The fourth-order valence-electron chi connectivity index (χ4n) is 2.09. The van der Waals surface area contributed by atoms with Crippen molar-refractivity contribution in [2.24, 2.45) is 5.92 Å². The fraction of sp³-hybridized carbons (Fsp3) is 0.533. The molecular formula is C15H22ClFN2O2. The number of rotatable bonds is 7. The van der Waals surface area contributed by atoms with Gasteiger partial charge in [-0.25, -0.2) is 9.18 Å². The zero-order valence-electron chi connectivity index (χ0n) is 12.3. The van der Waals surface area contributed by atoms with E-state index in [1.54, 1.807) is 6.07 Å². The number of amides is 2. The Morgan fingerprint density at radius 1 is 1.33 bits per heavy atom. The molecule has 1 unspecified atom stereocenters. The van der Waals surface area contributed by atoms with Crippen LogP contribution in [0.1, 0.15) is 32.3 Å². The van der Waals surface area contributed by atoms with E-state index in [1.807, 2.05) is 13.8 Å². The van der Waals surface area contributed by atoms with E-state index in [1.165, 1.54) is 12.1 Å². The molecule has 0 saturated carbocycles. The van der Waals surface area contributed by atoms with Crippen LogP contribution < -0.4 is 10.6 Å². The molecule has 0 fully saturated rings. The number of hydrogen-bond donors (Lipinski definition) is 3. The highest BCUT2D eigenvalue weighted by molar-refractivity contribution is 6.30. The van der Waals surface area contributed by atoms with Gasteiger partial charge in [-0.2, -0.15) is 0 Å². The number of halogens is 2. The summed E-state index contributed by atoms with van der Waals surface area (Å²) in [6, 6.07) is 3.91. The second-order valence-corrected chi connectivity index (χ2v) is 5.36. The van der Waals surface area contributed by atoms with E-state index >= 15 is 0 Å². The maximum Gasteiger partial charge on any atom is 0.315 e. The number of nitrogens with one attached hydrogen (secondary N) is 2. The summed E-state index contributed by atoms with van der Waals surface area (Å²) in [6.07, 6.45) is 1.19. The summed E-state index contributed by atoms with van der Waals surface area (Å²) in [5.41, 5.74) is 0.706. The molecule has 1 rings (SSSR count). The molecule has 0 aliphatic rings. The third-order valence-electron chi connectivity index (χ3n) is 3.50. The Hall–Kier alpha value is -1.33. The van der Waals surface area contributed by atoms with Crippen molar-refractivity contribution >= 4 is 17.6 Å². The monoisotopic (exact) mass is 316 g/mol. The summed E-state index contributed by atoms with van der Waals surface area (Å²) in [5.74, 6) is -0.306. The maximum atomic E-state index is 13.0. The van der Waals surface area contributed by atoms with Crippen molar-refractivity contribution in [3.8, 4) is 0 Å². The van der Waals surface area contributed by atoms with E-state index < -0.39 is 11.9 Å². The Kier molecular flexibility index (Phi) is 7.47. The third-order valence-corrected chi connectivity index (χ3v) is 3.79. The lowest BCUT2D eigenvalue weighted by molar-refractivity contribution is 0.103. The highest BCUT2D eigenvalue weighted by Gasteiger charge is 2.16. The van der Waals surface area contributed by atoms with Crippen molar-refractivity contribution < 1.29 is 14.3 Å². The van der Waals surface area contributed by atoms with Gasteiger partial charge in [0.2, 0.25) is 0 Å². The average Bonchev–Trinajstić information content (AvgIpc) is 2.47. The zero-order chi connectivity index (χ0) is 15.8. The first-order chi connectivity index (χ1) is 9.97. The number of hydrogen-bond acceptors (Lipinski definition) is 2. The highest BCUT2D eigenvalue weighted by atomic mass is 35.5. The molecule has 4 nitrogen and oxygen atoms in total. The Bertz CT molecular complexity index is 467. The van der Waals surface area contributed by atoms with Crippen molar-refractivity contribution in [2.45, 2.75) is 39.3 Å². The van der Waals surface area contributed by atoms with E-state index in [4.69, 9.17) is 11.6 Å². The lowest BCUT2D eigenvalue weighted by atomic mass is 9.97. The lowest BCUT2D eigenvalue weighted by Gasteiger charge is -2.20. The summed E-state index contributed by atoms with van der Waals surface area (Å²) < 4.78 is 13.0. The van der Waals surface area contributed by atoms with Crippen molar-refractivity contribution in [2.75, 3.05) is 6.54 Å². The molecule has 0 radical (unpaired) electrons. The van der Waals surface area contributed by atoms with Crippen molar-refractivity contribution in [3.63, 3.8) is 0 Å². The Morgan fingerprint density at radius 2 is 2.00 bits per heavy atom. The summed E-state index contributed by atoms with van der Waals surface area (Å²) in [5, 5.41) is 15.2. The normalized spacial score (nSPS) is 12.3. The highest BCUT2D eigenvalue weighted by Crippen LogP contribution is 2.15. The molecule has 0 spiro atoms. The van der Waals surface area contributed by atoms with E-state index in [-0.39, 0.29) is 30.1 Å². The van der Waals surface area contributed by atoms with Crippen LogP contribution in [0, 0.1) is 11.7 Å². The van der Waals surface area contributed by atoms with E-state index in [0.29, 0.717) is 5.56 Å². The SMILES string of the molecule is CCC(CC)C(O)CNC(=O)NCc1ccc(F)c(Cl)c1. The number of urea groups is 1. The third kappa shape index (κ3) is 5.89. The Morgan fingerprint density at radius 3 is 2.57 bits per heavy atom. The molecule has 6 heteroatoms. The summed E-state index contributed by atoms with van der Waals surface area (Å²) >= 11 is 5.66. The minimum atomic E-state index is -0.550. The quantitative estimate of drug-likeness (QED) is 0.724. The fourth-order valence-corrected chi connectivity index (χ4v) is 2.29. The van der Waals surface area contributed by atoms with Gasteiger partial charge >= 0.3 is 6.03 Å². The molecule has 1 aromatic carbocycles. The minimum absolute atomic E-state index is 0.0267. The molecule has 0 aliphatic carbocycles. The molecule has 118 valence electrons. The van der Waals surface area contributed by atoms with E-state index in [0.717, 1.165) is 12.8 Å². The van der Waals surface area contributed by atoms with Crippen LogP contribution in [0.4, 0.5) is 9.18 Å². The average molecular weight is 317 g/mol. The molecule has 1 aromatic rings. The van der Waals surface area contributed by atoms with Gasteiger partial charge in [0.25, 0.3) is 0 Å². The van der Waals surface area contributed by atoms with Crippen molar-refractivity contribution in [1.82, 2.24) is 10.6 Å². The van der Waals surface area contributed by atoms with Gasteiger partial charge in [0, 0.05) is 13.1 Å². The smallest absolute Gasteiger partial charge is 0.315 e. The van der Waals surface area contributed by atoms with Crippen LogP contribution in [0.2, 0.25) is 5.02 Å². The topological polar surface area (TPSA) is 61.4 Å². The van der Waals surface area contributed by atoms with Crippen LogP contribution in [0.15, 0.2) is 18.2 Å². The molecule has 3 N–H and O–H groups in total. The predicted molar refractivity (Wildman–Crippen MR) is 81.7 cm³/mol. The van der Waals surface area contributed by atoms with Gasteiger partial charge in [-0.1, -0.05) is 44.4 Å². The molecule has 2 amide bonds. The largest absolute Gasteiger partial charge is 0.391 e. The number of aliphatic hydroxyl groups is 1. The standard InChI is InChI=1S/C15H22ClFN2O2/c1-3-11(4-2)14(20)9-19-15(21)18-8-10-5-6-13(17)12(16)7-10/h5-7,11,14,20H,3-4,8-9H2,1-2H3,(H2,18,19,21). The Labute approximate surface area is 129 Å². The molecule has 21 heavy (non-hydrogen) atoms. The van der Waals surface area contributed by atoms with Gasteiger partial charge in [-0.05, 0) is 23.6 Å². The minimum Gasteiger partial charge on any atom is -0.391 e. The number of benzene rings is 1. The molecule has 0 aromatic heterocycles. The van der Waals surface area contributed by atoms with Crippen LogP contribution in [0.5, 0.6) is 0 Å². The first-order valence-corrected chi connectivity index (χ1v) is 7.49. The van der Waals surface area contributed by atoms with Crippen LogP contribution >= 0.6 is 11.6 Å². The molecule has 0 saturated heterocycles. The van der Waals surface area contributed by atoms with Crippen LogP contribution in [-0.4, -0.2) is 23.8 Å². The number of aliphatic hydroxyl groups excluding tert-OH is 1. The molecule has 0 heterocycles. The maximum absolute atomic E-state index is 13.0. The molecule has 1 atom stereocenters. The molecule has 0 aliphatic heterocycles. The second kappa shape index (κ2) is 8.85. The summed E-state index contributed by atoms with van der Waals surface area (Å²) in [4.78, 5) is 11.6. The van der Waals surface area contributed by atoms with Gasteiger partial charge in [0.15, 0.2) is 0 Å². The van der Waals surface area contributed by atoms with Gasteiger partial charge in [0.1, 0.15) is 5.82 Å². The first kappa shape index (κ1) is 17.7.